The molecule has 0 saturated heterocycles. The zero-order valence-electron chi connectivity index (χ0n) is 22.2. The largest absolute Gasteiger partial charge is 0.461 e. The molecule has 4 N–H and O–H groups in total. The van der Waals surface area contributed by atoms with Crippen molar-refractivity contribution in [3.63, 3.8) is 0 Å². The number of nitrogens with one attached hydrogen (secondary N) is 1. The SMILES string of the molecule is Cc1cccc(CC(=O)Cc2ccc(Oc3ccnc(-c4cc(C(=O)OCC(CO)(CO)CO)c[nH]4)c3)cc2)c1. The molecule has 2 aromatic heterocycles. The van der Waals surface area contributed by atoms with Crippen LogP contribution >= 0.6 is 0 Å². The molecule has 2 heterocycles. The maximum absolute atomic E-state index is 12.5. The van der Waals surface area contributed by atoms with Crippen LogP contribution in [0.25, 0.3) is 11.4 Å². The number of hydrogen-bond acceptors (Lipinski definition) is 8. The third-order valence-electron chi connectivity index (χ3n) is 6.49. The molecule has 9 heteroatoms. The van der Waals surface area contributed by atoms with Gasteiger partial charge in [-0.05, 0) is 42.3 Å². The number of hydrogen-bond donors (Lipinski definition) is 4. The third kappa shape index (κ3) is 7.41. The second kappa shape index (κ2) is 13.2. The van der Waals surface area contributed by atoms with E-state index in [1.165, 1.54) is 6.20 Å². The van der Waals surface area contributed by atoms with Crippen molar-refractivity contribution in [3.8, 4) is 22.9 Å². The number of pyridine rings is 1. The van der Waals surface area contributed by atoms with Crippen molar-refractivity contribution in [1.82, 2.24) is 9.97 Å². The smallest absolute Gasteiger partial charge is 0.339 e. The number of ketones is 1. The van der Waals surface area contributed by atoms with E-state index in [0.29, 0.717) is 35.7 Å². The maximum Gasteiger partial charge on any atom is 0.339 e. The summed E-state index contributed by atoms with van der Waals surface area (Å²) >= 11 is 0. The first-order valence-electron chi connectivity index (χ1n) is 12.8. The van der Waals surface area contributed by atoms with Crippen molar-refractivity contribution in [2.45, 2.75) is 19.8 Å². The Morgan fingerprint density at radius 2 is 1.60 bits per heavy atom. The van der Waals surface area contributed by atoms with E-state index in [4.69, 9.17) is 9.47 Å². The number of nitrogens with zero attached hydrogens (tertiary/aromatic N) is 1. The number of aromatic nitrogens is 2. The molecule has 4 rings (SSSR count). The van der Waals surface area contributed by atoms with Crippen LogP contribution < -0.4 is 4.74 Å². The third-order valence-corrected chi connectivity index (χ3v) is 6.49. The number of aliphatic hydroxyl groups is 3. The van der Waals surface area contributed by atoms with Crippen molar-refractivity contribution in [3.05, 3.63) is 101 Å². The standard InChI is InChI=1S/C31H32N2O7/c1-21-3-2-4-23(11-21)13-25(37)12-22-5-7-26(8-6-22)40-27-9-10-32-29(15-27)28-14-24(16-33-28)30(38)39-20-31(17-34,18-35)19-36/h2-11,14-16,33-36H,12-13,17-20H2,1H3. The minimum atomic E-state index is -1.31. The molecule has 9 nitrogen and oxygen atoms in total. The minimum Gasteiger partial charge on any atom is -0.461 e. The molecule has 0 fully saturated rings. The summed E-state index contributed by atoms with van der Waals surface area (Å²) < 4.78 is 11.2. The highest BCUT2D eigenvalue weighted by molar-refractivity contribution is 5.90. The van der Waals surface area contributed by atoms with Gasteiger partial charge in [-0.15, -0.1) is 0 Å². The lowest BCUT2D eigenvalue weighted by Crippen LogP contribution is -2.39. The van der Waals surface area contributed by atoms with Gasteiger partial charge in [0.2, 0.25) is 0 Å². The Labute approximate surface area is 232 Å². The molecule has 0 spiro atoms. The van der Waals surface area contributed by atoms with Crippen LogP contribution in [0, 0.1) is 12.3 Å². The number of aryl methyl sites for hydroxylation is 1. The number of aliphatic hydroxyl groups excluding tert-OH is 3. The summed E-state index contributed by atoms with van der Waals surface area (Å²) in [6, 6.07) is 20.3. The Balaban J connectivity index is 1.35. The zero-order chi connectivity index (χ0) is 28.5. The molecule has 0 saturated carbocycles. The fraction of sp³-hybridized carbons (Fsp3) is 0.258. The van der Waals surface area contributed by atoms with Gasteiger partial charge in [0, 0.05) is 31.3 Å². The summed E-state index contributed by atoms with van der Waals surface area (Å²) in [5.74, 6) is 0.599. The van der Waals surface area contributed by atoms with Crippen LogP contribution in [-0.4, -0.2) is 63.5 Å². The lowest BCUT2D eigenvalue weighted by molar-refractivity contribution is -0.117. The second-order valence-corrected chi connectivity index (χ2v) is 9.86. The number of esters is 1. The molecule has 0 bridgehead atoms. The zero-order valence-corrected chi connectivity index (χ0v) is 22.2. The van der Waals surface area contributed by atoms with E-state index >= 15 is 0 Å². The van der Waals surface area contributed by atoms with Gasteiger partial charge in [-0.3, -0.25) is 9.78 Å². The minimum absolute atomic E-state index is 0.141. The monoisotopic (exact) mass is 544 g/mol. The van der Waals surface area contributed by atoms with Crippen LogP contribution in [0.15, 0.2) is 79.1 Å². The van der Waals surface area contributed by atoms with Gasteiger partial charge < -0.3 is 29.8 Å². The van der Waals surface area contributed by atoms with E-state index in [0.717, 1.165) is 16.7 Å². The fourth-order valence-electron chi connectivity index (χ4n) is 4.02. The predicted octanol–water partition coefficient (Wildman–Crippen LogP) is 3.65. The molecule has 0 unspecified atom stereocenters. The molecular weight excluding hydrogens is 512 g/mol. The van der Waals surface area contributed by atoms with Gasteiger partial charge in [0.15, 0.2) is 0 Å². The number of benzene rings is 2. The highest BCUT2D eigenvalue weighted by Crippen LogP contribution is 2.26. The summed E-state index contributed by atoms with van der Waals surface area (Å²) in [6.45, 7) is 0.0809. The average Bonchev–Trinajstić information content (AvgIpc) is 3.46. The summed E-state index contributed by atoms with van der Waals surface area (Å²) in [5.41, 5.74) is 3.04. The van der Waals surface area contributed by atoms with Crippen LogP contribution in [-0.2, 0) is 22.4 Å². The first-order valence-corrected chi connectivity index (χ1v) is 12.8. The molecular formula is C31H32N2O7. The Morgan fingerprint density at radius 1 is 0.875 bits per heavy atom. The summed E-state index contributed by atoms with van der Waals surface area (Å²) in [6.07, 6.45) is 3.78. The van der Waals surface area contributed by atoms with Crippen LogP contribution in [0.1, 0.15) is 27.0 Å². The van der Waals surface area contributed by atoms with E-state index in [9.17, 15) is 24.9 Å². The number of H-pyrrole nitrogens is 1. The van der Waals surface area contributed by atoms with E-state index in [1.54, 1.807) is 24.4 Å². The van der Waals surface area contributed by atoms with Gasteiger partial charge in [0.05, 0.1) is 42.2 Å². The van der Waals surface area contributed by atoms with Crippen molar-refractivity contribution in [2.75, 3.05) is 26.4 Å². The molecule has 0 aliphatic carbocycles. The Morgan fingerprint density at radius 3 is 2.30 bits per heavy atom. The molecule has 208 valence electrons. The highest BCUT2D eigenvalue weighted by atomic mass is 16.5. The van der Waals surface area contributed by atoms with Gasteiger partial charge in [-0.1, -0.05) is 42.0 Å². The lowest BCUT2D eigenvalue weighted by atomic mass is 9.93. The maximum atomic E-state index is 12.5. The van der Waals surface area contributed by atoms with Gasteiger partial charge >= 0.3 is 5.97 Å². The van der Waals surface area contributed by atoms with Crippen LogP contribution in [0.4, 0.5) is 0 Å². The molecule has 40 heavy (non-hydrogen) atoms. The van der Waals surface area contributed by atoms with E-state index < -0.39 is 31.2 Å². The Hall–Kier alpha value is -4.31. The molecule has 0 atom stereocenters. The average molecular weight is 545 g/mol. The molecule has 0 radical (unpaired) electrons. The lowest BCUT2D eigenvalue weighted by Gasteiger charge is -2.26. The van der Waals surface area contributed by atoms with Gasteiger partial charge in [0.1, 0.15) is 23.9 Å². The summed E-state index contributed by atoms with van der Waals surface area (Å²) in [5, 5.41) is 28.2. The number of aromatic amines is 1. The summed E-state index contributed by atoms with van der Waals surface area (Å²) in [4.78, 5) is 32.3. The normalized spacial score (nSPS) is 11.3. The second-order valence-electron chi connectivity index (χ2n) is 9.86. The van der Waals surface area contributed by atoms with Gasteiger partial charge in [-0.2, -0.15) is 0 Å². The van der Waals surface area contributed by atoms with Crippen LogP contribution in [0.5, 0.6) is 11.5 Å². The quantitative estimate of drug-likeness (QED) is 0.187. The molecule has 0 amide bonds. The highest BCUT2D eigenvalue weighted by Gasteiger charge is 2.30. The topological polar surface area (TPSA) is 142 Å². The number of carbonyl (C=O) groups is 2. The fourth-order valence-corrected chi connectivity index (χ4v) is 4.02. The molecule has 0 aliphatic heterocycles. The van der Waals surface area contributed by atoms with E-state index in [-0.39, 0.29) is 18.0 Å². The molecule has 0 aliphatic rings. The van der Waals surface area contributed by atoms with Crippen molar-refractivity contribution >= 4 is 11.8 Å². The Bertz CT molecular complexity index is 1430. The first kappa shape index (κ1) is 28.7. The van der Waals surface area contributed by atoms with Crippen molar-refractivity contribution < 1.29 is 34.4 Å². The number of carbonyl (C=O) groups excluding carboxylic acids is 2. The van der Waals surface area contributed by atoms with Crippen molar-refractivity contribution in [1.29, 1.82) is 0 Å². The number of rotatable bonds is 13. The predicted molar refractivity (Wildman–Crippen MR) is 148 cm³/mol. The van der Waals surface area contributed by atoms with Crippen molar-refractivity contribution in [2.24, 2.45) is 5.41 Å². The summed E-state index contributed by atoms with van der Waals surface area (Å²) in [7, 11) is 0. The first-order chi connectivity index (χ1) is 19.3. The molecule has 4 aromatic rings. The van der Waals surface area contributed by atoms with E-state index in [2.05, 4.69) is 9.97 Å². The van der Waals surface area contributed by atoms with E-state index in [1.807, 2.05) is 55.5 Å². The van der Waals surface area contributed by atoms with Gasteiger partial charge in [0.25, 0.3) is 0 Å². The number of Topliss-reactive ketones (excluding diaryl/α,β-unsaturated/α-hetero) is 1. The van der Waals surface area contributed by atoms with Crippen LogP contribution in [0.3, 0.4) is 0 Å². The molecule has 2 aromatic carbocycles. The Kier molecular flexibility index (Phi) is 9.44. The van der Waals surface area contributed by atoms with Crippen LogP contribution in [0.2, 0.25) is 0 Å². The number of ether oxygens (including phenoxy) is 2. The van der Waals surface area contributed by atoms with Gasteiger partial charge in [-0.25, -0.2) is 4.79 Å².